The van der Waals surface area contributed by atoms with Crippen molar-refractivity contribution < 1.29 is 4.74 Å². The third-order valence-electron chi connectivity index (χ3n) is 1.35. The van der Waals surface area contributed by atoms with E-state index in [9.17, 15) is 0 Å². The second kappa shape index (κ2) is 3.71. The summed E-state index contributed by atoms with van der Waals surface area (Å²) in [6.07, 6.45) is 1.74. The van der Waals surface area contributed by atoms with Gasteiger partial charge in [0.2, 0.25) is 5.88 Å². The lowest BCUT2D eigenvalue weighted by atomic mass is 10.3. The van der Waals surface area contributed by atoms with Gasteiger partial charge in [0.05, 0.1) is 7.11 Å². The van der Waals surface area contributed by atoms with E-state index in [4.69, 9.17) is 4.74 Å². The summed E-state index contributed by atoms with van der Waals surface area (Å²) < 4.78 is 7.20. The molecule has 1 heterocycles. The summed E-state index contributed by atoms with van der Waals surface area (Å²) in [7, 11) is 1.62. The first kappa shape index (κ1) is 9.25. The Hall–Kier alpha value is 0.160. The van der Waals surface area contributed by atoms with Crippen LogP contribution in [0.5, 0.6) is 5.88 Å². The quantitative estimate of drug-likeness (QED) is 0.740. The third kappa shape index (κ3) is 1.84. The highest BCUT2D eigenvalue weighted by Gasteiger charge is 2.06. The largest absolute Gasteiger partial charge is 0.481 e. The van der Waals surface area contributed by atoms with Crippen LogP contribution < -0.4 is 4.74 Å². The van der Waals surface area contributed by atoms with E-state index < -0.39 is 0 Å². The van der Waals surface area contributed by atoms with E-state index in [1.165, 1.54) is 0 Å². The molecule has 0 bridgehead atoms. The second-order valence-corrected chi connectivity index (χ2v) is 3.99. The van der Waals surface area contributed by atoms with Crippen LogP contribution >= 0.6 is 38.5 Å². The maximum Gasteiger partial charge on any atom is 0.217 e. The van der Waals surface area contributed by atoms with Gasteiger partial charge in [-0.3, -0.25) is 0 Å². The Morgan fingerprint density at radius 3 is 2.82 bits per heavy atom. The number of hydrogen-bond acceptors (Lipinski definition) is 2. The molecule has 0 saturated carbocycles. The van der Waals surface area contributed by atoms with Gasteiger partial charge in [0.1, 0.15) is 0 Å². The summed E-state index contributed by atoms with van der Waals surface area (Å²) in [6.45, 7) is 1.98. The molecule has 0 spiro atoms. The second-order valence-electron chi connectivity index (χ2n) is 2.05. The first-order valence-electron chi connectivity index (χ1n) is 3.01. The molecule has 0 atom stereocenters. The monoisotopic (exact) mass is 327 g/mol. The molecule has 0 aromatic carbocycles. The molecule has 1 rings (SSSR count). The van der Waals surface area contributed by atoms with Crippen LogP contribution in [0.3, 0.4) is 0 Å². The van der Waals surface area contributed by atoms with Gasteiger partial charge in [0.15, 0.2) is 0 Å². The Morgan fingerprint density at radius 1 is 1.64 bits per heavy atom. The highest BCUT2D eigenvalue weighted by atomic mass is 127. The van der Waals surface area contributed by atoms with Crippen LogP contribution in [0.15, 0.2) is 10.7 Å². The van der Waals surface area contributed by atoms with Crippen molar-refractivity contribution in [2.75, 3.05) is 7.11 Å². The third-order valence-corrected chi connectivity index (χ3v) is 4.08. The van der Waals surface area contributed by atoms with Gasteiger partial charge >= 0.3 is 0 Å². The minimum atomic E-state index is 0.692. The lowest BCUT2D eigenvalue weighted by molar-refractivity contribution is 0.394. The molecule has 11 heavy (non-hydrogen) atoms. The number of rotatable bonds is 1. The summed E-state index contributed by atoms with van der Waals surface area (Å²) in [5.41, 5.74) is 1.07. The minimum absolute atomic E-state index is 0.692. The molecule has 2 nitrogen and oxygen atoms in total. The van der Waals surface area contributed by atoms with Gasteiger partial charge in [-0.2, -0.15) is 0 Å². The van der Waals surface area contributed by atoms with E-state index >= 15 is 0 Å². The molecule has 4 heteroatoms. The van der Waals surface area contributed by atoms with Crippen LogP contribution in [0.1, 0.15) is 5.56 Å². The SMILES string of the molecule is COc1ncc(Br)c(I)c1C. The normalized spacial score (nSPS) is 9.82. The topological polar surface area (TPSA) is 22.1 Å². The molecule has 0 amide bonds. The van der Waals surface area contributed by atoms with Gasteiger partial charge in [-0.1, -0.05) is 0 Å². The molecule has 60 valence electrons. The van der Waals surface area contributed by atoms with Gasteiger partial charge in [-0.05, 0) is 45.4 Å². The zero-order valence-corrected chi connectivity index (χ0v) is 9.93. The van der Waals surface area contributed by atoms with Crippen LogP contribution in [-0.4, -0.2) is 12.1 Å². The maximum absolute atomic E-state index is 5.04. The van der Waals surface area contributed by atoms with Crippen LogP contribution in [0, 0.1) is 10.5 Å². The molecule has 1 aromatic rings. The fourth-order valence-electron chi connectivity index (χ4n) is 0.748. The zero-order valence-electron chi connectivity index (χ0n) is 6.19. The molecule has 0 fully saturated rings. The number of ether oxygens (including phenoxy) is 1. The predicted molar refractivity (Wildman–Crippen MR) is 55.9 cm³/mol. The van der Waals surface area contributed by atoms with Crippen molar-refractivity contribution in [1.29, 1.82) is 0 Å². The van der Waals surface area contributed by atoms with Gasteiger partial charge in [-0.25, -0.2) is 4.98 Å². The van der Waals surface area contributed by atoms with Crippen molar-refractivity contribution in [2.45, 2.75) is 6.92 Å². The molecule has 0 radical (unpaired) electrons. The van der Waals surface area contributed by atoms with E-state index in [0.717, 1.165) is 13.6 Å². The fraction of sp³-hybridized carbons (Fsp3) is 0.286. The Bertz CT molecular complexity index is 277. The van der Waals surface area contributed by atoms with E-state index in [2.05, 4.69) is 43.5 Å². The predicted octanol–water partition coefficient (Wildman–Crippen LogP) is 2.77. The zero-order chi connectivity index (χ0) is 8.43. The van der Waals surface area contributed by atoms with E-state index in [0.29, 0.717) is 5.88 Å². The van der Waals surface area contributed by atoms with E-state index in [1.54, 1.807) is 13.3 Å². The average molecular weight is 328 g/mol. The minimum Gasteiger partial charge on any atom is -0.481 e. The smallest absolute Gasteiger partial charge is 0.217 e. The number of pyridine rings is 1. The Kier molecular flexibility index (Phi) is 3.12. The molecule has 0 aliphatic rings. The van der Waals surface area contributed by atoms with Crippen molar-refractivity contribution in [3.05, 3.63) is 19.8 Å². The summed E-state index contributed by atoms with van der Waals surface area (Å²) in [5.74, 6) is 0.692. The maximum atomic E-state index is 5.04. The number of hydrogen-bond donors (Lipinski definition) is 0. The Labute approximate surface area is 87.6 Å². The number of methoxy groups -OCH3 is 1. The Balaban J connectivity index is 3.25. The van der Waals surface area contributed by atoms with Crippen molar-refractivity contribution in [2.24, 2.45) is 0 Å². The average Bonchev–Trinajstić information content (AvgIpc) is 2.01. The number of halogens is 2. The molecule has 0 saturated heterocycles. The lowest BCUT2D eigenvalue weighted by Crippen LogP contribution is -1.93. The number of nitrogens with zero attached hydrogens (tertiary/aromatic N) is 1. The molecular formula is C7H7BrINO. The standard InChI is InChI=1S/C7H7BrINO/c1-4-6(9)5(8)3-10-7(4)11-2/h3H,1-2H3. The highest BCUT2D eigenvalue weighted by molar-refractivity contribution is 14.1. The Morgan fingerprint density at radius 2 is 2.27 bits per heavy atom. The molecule has 1 aromatic heterocycles. The van der Waals surface area contributed by atoms with Crippen LogP contribution in [0.2, 0.25) is 0 Å². The summed E-state index contributed by atoms with van der Waals surface area (Å²) in [5, 5.41) is 0. The first-order chi connectivity index (χ1) is 5.16. The van der Waals surface area contributed by atoms with Gasteiger partial charge in [-0.15, -0.1) is 0 Å². The molecule has 0 aliphatic carbocycles. The molecule has 0 N–H and O–H groups in total. The van der Waals surface area contributed by atoms with Crippen LogP contribution in [-0.2, 0) is 0 Å². The lowest BCUT2D eigenvalue weighted by Gasteiger charge is -2.05. The van der Waals surface area contributed by atoms with Crippen LogP contribution in [0.4, 0.5) is 0 Å². The molecular weight excluding hydrogens is 321 g/mol. The van der Waals surface area contributed by atoms with E-state index in [1.807, 2.05) is 6.92 Å². The van der Waals surface area contributed by atoms with Gasteiger partial charge in [0.25, 0.3) is 0 Å². The highest BCUT2D eigenvalue weighted by Crippen LogP contribution is 2.26. The van der Waals surface area contributed by atoms with Gasteiger partial charge < -0.3 is 4.74 Å². The van der Waals surface area contributed by atoms with Crippen LogP contribution in [0.25, 0.3) is 0 Å². The van der Waals surface area contributed by atoms with Gasteiger partial charge in [0, 0.05) is 19.8 Å². The van der Waals surface area contributed by atoms with Crippen molar-refractivity contribution >= 4 is 38.5 Å². The molecule has 0 unspecified atom stereocenters. The summed E-state index contributed by atoms with van der Waals surface area (Å²) in [6, 6.07) is 0. The van der Waals surface area contributed by atoms with Crippen molar-refractivity contribution in [1.82, 2.24) is 4.98 Å². The summed E-state index contributed by atoms with van der Waals surface area (Å²) >= 11 is 5.63. The van der Waals surface area contributed by atoms with Crippen molar-refractivity contribution in [3.8, 4) is 5.88 Å². The fourth-order valence-corrected chi connectivity index (χ4v) is 1.52. The number of aromatic nitrogens is 1. The van der Waals surface area contributed by atoms with E-state index in [-0.39, 0.29) is 0 Å². The first-order valence-corrected chi connectivity index (χ1v) is 4.88. The summed E-state index contributed by atoms with van der Waals surface area (Å²) in [4.78, 5) is 4.08. The van der Waals surface area contributed by atoms with Crippen molar-refractivity contribution in [3.63, 3.8) is 0 Å². The molecule has 0 aliphatic heterocycles.